The maximum atomic E-state index is 14.6. The van der Waals surface area contributed by atoms with Crippen molar-refractivity contribution in [3.8, 4) is 27.5 Å². The fraction of sp³-hybridized carbons (Fsp3) is 0.353. The van der Waals surface area contributed by atoms with Crippen LogP contribution >= 0.6 is 11.3 Å². The largest absolute Gasteiger partial charge is 0.336 e. The number of rotatable bonds is 8. The Morgan fingerprint density at radius 1 is 1.16 bits per heavy atom. The fourth-order valence-corrected chi connectivity index (χ4v) is 6.43. The van der Waals surface area contributed by atoms with E-state index in [0.29, 0.717) is 65.6 Å². The molecule has 4 aromatic rings. The predicted molar refractivity (Wildman–Crippen MR) is 173 cm³/mol. The number of aryl methyl sites for hydroxylation is 2. The zero-order valence-electron chi connectivity index (χ0n) is 25.7. The first-order chi connectivity index (χ1) is 21.1. The van der Waals surface area contributed by atoms with E-state index >= 15 is 0 Å². The number of para-hydroxylation sites is 1. The molecule has 0 bridgehead atoms. The number of benzene rings is 1. The highest BCUT2D eigenvalue weighted by Gasteiger charge is 2.28. The Balaban J connectivity index is 1.78. The summed E-state index contributed by atoms with van der Waals surface area (Å²) in [5.41, 5.74) is 5.55. The molecule has 0 unspecified atom stereocenters. The molecular formula is C34H37F2N5O2S. The van der Waals surface area contributed by atoms with Crippen LogP contribution in [0.5, 0.6) is 0 Å². The van der Waals surface area contributed by atoms with Crippen molar-refractivity contribution in [2.24, 2.45) is 0 Å². The first kappa shape index (κ1) is 31.4. The molecule has 7 nitrogen and oxygen atoms in total. The minimum absolute atomic E-state index is 0.142. The van der Waals surface area contributed by atoms with E-state index in [9.17, 15) is 18.4 Å². The van der Waals surface area contributed by atoms with Gasteiger partial charge in [0.15, 0.2) is 0 Å². The van der Waals surface area contributed by atoms with E-state index < -0.39 is 6.43 Å². The van der Waals surface area contributed by atoms with E-state index in [0.717, 1.165) is 22.4 Å². The lowest BCUT2D eigenvalue weighted by atomic mass is 9.99. The smallest absolute Gasteiger partial charge is 0.280 e. The topological polar surface area (TPSA) is 80.1 Å². The van der Waals surface area contributed by atoms with Gasteiger partial charge >= 0.3 is 0 Å². The molecule has 1 aromatic carbocycles. The molecule has 3 aromatic heterocycles. The number of allylic oxidation sites excluding steroid dienone is 1. The SMILES string of the molecule is CCc1cccc(CC)c1-n1c(C=C(C)C)c(C(=O)N2CCN[C@@H](C)C2)cc(-c2nc(-c3ccc(C(F)F)nc3)cs2)c1=O. The Hall–Kier alpha value is -4.02. The van der Waals surface area contributed by atoms with Crippen LogP contribution in [0.25, 0.3) is 33.6 Å². The van der Waals surface area contributed by atoms with Crippen LogP contribution in [0.4, 0.5) is 8.78 Å². The van der Waals surface area contributed by atoms with Crippen LogP contribution in [0, 0.1) is 0 Å². The second-order valence-electron chi connectivity index (χ2n) is 11.3. The molecule has 5 rings (SSSR count). The maximum Gasteiger partial charge on any atom is 0.280 e. The number of pyridine rings is 2. The zero-order chi connectivity index (χ0) is 31.5. The van der Waals surface area contributed by atoms with Crippen molar-refractivity contribution in [3.05, 3.63) is 92.0 Å². The average molecular weight is 618 g/mol. The highest BCUT2D eigenvalue weighted by Crippen LogP contribution is 2.32. The molecule has 44 heavy (non-hydrogen) atoms. The number of aromatic nitrogens is 3. The van der Waals surface area contributed by atoms with E-state index in [1.165, 1.54) is 23.6 Å². The summed E-state index contributed by atoms with van der Waals surface area (Å²) in [4.78, 5) is 39.4. The van der Waals surface area contributed by atoms with Crippen LogP contribution in [0.3, 0.4) is 0 Å². The number of piperazine rings is 1. The van der Waals surface area contributed by atoms with Gasteiger partial charge in [0.05, 0.1) is 28.2 Å². The Labute approximate surface area is 260 Å². The van der Waals surface area contributed by atoms with Gasteiger partial charge in [0.1, 0.15) is 10.7 Å². The minimum Gasteiger partial charge on any atom is -0.336 e. The summed E-state index contributed by atoms with van der Waals surface area (Å²) in [6.45, 7) is 11.9. The van der Waals surface area contributed by atoms with Gasteiger partial charge in [0.25, 0.3) is 17.9 Å². The number of hydrogen-bond acceptors (Lipinski definition) is 6. The number of carbonyl (C=O) groups is 1. The summed E-state index contributed by atoms with van der Waals surface area (Å²) in [6.07, 6.45) is 2.02. The molecule has 0 radical (unpaired) electrons. The highest BCUT2D eigenvalue weighted by atomic mass is 32.1. The lowest BCUT2D eigenvalue weighted by Gasteiger charge is -2.32. The van der Waals surface area contributed by atoms with Crippen LogP contribution in [-0.4, -0.2) is 51.0 Å². The normalized spacial score (nSPS) is 15.1. The molecule has 1 aliphatic heterocycles. The lowest BCUT2D eigenvalue weighted by molar-refractivity contribution is 0.0708. The quantitative estimate of drug-likeness (QED) is 0.232. The number of nitrogens with one attached hydrogen (secondary N) is 1. The number of hydrogen-bond donors (Lipinski definition) is 1. The third kappa shape index (κ3) is 6.27. The first-order valence-electron chi connectivity index (χ1n) is 14.9. The van der Waals surface area contributed by atoms with Crippen LogP contribution in [0.2, 0.25) is 0 Å². The second-order valence-corrected chi connectivity index (χ2v) is 12.1. The average Bonchev–Trinajstić information content (AvgIpc) is 3.50. The van der Waals surface area contributed by atoms with Gasteiger partial charge in [-0.05, 0) is 69.0 Å². The van der Waals surface area contributed by atoms with E-state index in [1.54, 1.807) is 22.1 Å². The van der Waals surface area contributed by atoms with Gasteiger partial charge in [-0.15, -0.1) is 11.3 Å². The number of halogens is 2. The summed E-state index contributed by atoms with van der Waals surface area (Å²) >= 11 is 1.27. The van der Waals surface area contributed by atoms with Crippen molar-refractivity contribution < 1.29 is 13.6 Å². The van der Waals surface area contributed by atoms with Crippen LogP contribution in [0.1, 0.15) is 73.9 Å². The Morgan fingerprint density at radius 3 is 2.48 bits per heavy atom. The third-order valence-electron chi connectivity index (χ3n) is 7.78. The van der Waals surface area contributed by atoms with Gasteiger partial charge in [-0.3, -0.25) is 19.1 Å². The Kier molecular flexibility index (Phi) is 9.51. The van der Waals surface area contributed by atoms with Gasteiger partial charge in [-0.25, -0.2) is 13.8 Å². The number of thiazole rings is 1. The number of nitrogens with zero attached hydrogens (tertiary/aromatic N) is 4. The van der Waals surface area contributed by atoms with Crippen molar-refractivity contribution in [2.75, 3.05) is 19.6 Å². The standard InChI is InChI=1S/C34H37F2N5O2S/c1-6-22-9-8-10-23(7-2)30(22)41-29(15-20(3)4)25(33(42)40-14-13-37-21(5)18-40)16-26(34(41)43)32-39-28(19-44-32)24-11-12-27(31(35)36)38-17-24/h8-12,15-17,19,21,31,37H,6-7,13-14,18H2,1-5H3/t21-/m0/s1. The minimum atomic E-state index is -2.67. The molecule has 0 saturated carbocycles. The number of amides is 1. The number of carbonyl (C=O) groups excluding carboxylic acids is 1. The van der Waals surface area contributed by atoms with Gasteiger partial charge in [0, 0.05) is 42.8 Å². The molecule has 1 amide bonds. The molecular weight excluding hydrogens is 580 g/mol. The lowest BCUT2D eigenvalue weighted by Crippen LogP contribution is -2.51. The van der Waals surface area contributed by atoms with E-state index in [4.69, 9.17) is 4.98 Å². The summed E-state index contributed by atoms with van der Waals surface area (Å²) < 4.78 is 27.9. The molecule has 0 spiro atoms. The van der Waals surface area contributed by atoms with Crippen molar-refractivity contribution in [3.63, 3.8) is 0 Å². The molecule has 0 aliphatic carbocycles. The zero-order valence-corrected chi connectivity index (χ0v) is 26.5. The molecule has 1 saturated heterocycles. The van der Waals surface area contributed by atoms with Gasteiger partial charge in [0.2, 0.25) is 0 Å². The van der Waals surface area contributed by atoms with Gasteiger partial charge in [-0.2, -0.15) is 0 Å². The molecule has 4 heterocycles. The van der Waals surface area contributed by atoms with Crippen LogP contribution in [-0.2, 0) is 12.8 Å². The summed E-state index contributed by atoms with van der Waals surface area (Å²) in [5, 5.41) is 5.61. The van der Waals surface area contributed by atoms with Crippen LogP contribution in [0.15, 0.2) is 58.3 Å². The van der Waals surface area contributed by atoms with Gasteiger partial charge < -0.3 is 10.2 Å². The molecule has 10 heteroatoms. The van der Waals surface area contributed by atoms with Crippen molar-refractivity contribution >= 4 is 23.3 Å². The molecule has 1 N–H and O–H groups in total. The van der Waals surface area contributed by atoms with Gasteiger partial charge in [-0.1, -0.05) is 37.6 Å². The second kappa shape index (κ2) is 13.3. The first-order valence-corrected chi connectivity index (χ1v) is 15.8. The number of alkyl halides is 2. The predicted octanol–water partition coefficient (Wildman–Crippen LogP) is 6.94. The summed E-state index contributed by atoms with van der Waals surface area (Å²) in [6, 6.07) is 10.7. The third-order valence-corrected chi connectivity index (χ3v) is 8.66. The molecule has 230 valence electrons. The monoisotopic (exact) mass is 617 g/mol. The highest BCUT2D eigenvalue weighted by molar-refractivity contribution is 7.13. The van der Waals surface area contributed by atoms with Crippen LogP contribution < -0.4 is 10.9 Å². The molecule has 1 atom stereocenters. The molecule has 1 fully saturated rings. The van der Waals surface area contributed by atoms with E-state index in [1.807, 2.05) is 49.9 Å². The summed E-state index contributed by atoms with van der Waals surface area (Å²) in [5.74, 6) is -0.142. The van der Waals surface area contributed by atoms with E-state index in [2.05, 4.69) is 24.1 Å². The Bertz CT molecular complexity index is 1730. The molecule has 1 aliphatic rings. The fourth-order valence-electron chi connectivity index (χ4n) is 5.60. The summed E-state index contributed by atoms with van der Waals surface area (Å²) in [7, 11) is 0. The maximum absolute atomic E-state index is 14.6. The Morgan fingerprint density at radius 2 is 1.89 bits per heavy atom. The van der Waals surface area contributed by atoms with Crippen molar-refractivity contribution in [2.45, 2.75) is 59.9 Å². The van der Waals surface area contributed by atoms with Crippen molar-refractivity contribution in [1.82, 2.24) is 24.8 Å². The van der Waals surface area contributed by atoms with E-state index in [-0.39, 0.29) is 23.2 Å². The van der Waals surface area contributed by atoms with Crippen molar-refractivity contribution in [1.29, 1.82) is 0 Å².